The molecule has 0 saturated heterocycles. The summed E-state index contributed by atoms with van der Waals surface area (Å²) in [6, 6.07) is 14.4. The average molecular weight is 282 g/mol. The molecule has 0 amide bonds. The lowest BCUT2D eigenvalue weighted by atomic mass is 10.1. The van der Waals surface area contributed by atoms with Gasteiger partial charge < -0.3 is 10.4 Å². The van der Waals surface area contributed by atoms with Gasteiger partial charge >= 0.3 is 5.97 Å². The summed E-state index contributed by atoms with van der Waals surface area (Å²) < 4.78 is 14.0. The van der Waals surface area contributed by atoms with Crippen LogP contribution >= 0.6 is 0 Å². The van der Waals surface area contributed by atoms with Gasteiger partial charge in [-0.25, -0.2) is 14.2 Å². The predicted molar refractivity (Wildman–Crippen MR) is 78.4 cm³/mol. The molecule has 2 N–H and O–H groups in total. The van der Waals surface area contributed by atoms with Crippen molar-refractivity contribution in [1.29, 1.82) is 0 Å². The van der Waals surface area contributed by atoms with Crippen molar-refractivity contribution in [3.8, 4) is 0 Å². The van der Waals surface area contributed by atoms with Crippen molar-refractivity contribution in [2.45, 2.75) is 0 Å². The average Bonchev–Trinajstić information content (AvgIpc) is 2.49. The van der Waals surface area contributed by atoms with Crippen LogP contribution in [0.5, 0.6) is 0 Å². The molecule has 1 heterocycles. The second-order valence-corrected chi connectivity index (χ2v) is 4.51. The summed E-state index contributed by atoms with van der Waals surface area (Å²) in [5.74, 6) is -2.31. The highest BCUT2D eigenvalue weighted by Gasteiger charge is 2.15. The quantitative estimate of drug-likeness (QED) is 0.766. The molecule has 0 aliphatic rings. The van der Waals surface area contributed by atoms with Crippen LogP contribution in [-0.4, -0.2) is 16.1 Å². The molecule has 2 aromatic carbocycles. The van der Waals surface area contributed by atoms with Crippen molar-refractivity contribution in [2.24, 2.45) is 0 Å². The van der Waals surface area contributed by atoms with Gasteiger partial charge in [-0.15, -0.1) is 0 Å². The van der Waals surface area contributed by atoms with Gasteiger partial charge in [-0.1, -0.05) is 30.3 Å². The van der Waals surface area contributed by atoms with Crippen LogP contribution in [0.3, 0.4) is 0 Å². The zero-order valence-corrected chi connectivity index (χ0v) is 10.9. The Kier molecular flexibility index (Phi) is 3.23. The maximum Gasteiger partial charge on any atom is 0.338 e. The number of carbonyl (C=O) groups is 1. The van der Waals surface area contributed by atoms with Crippen LogP contribution in [0.2, 0.25) is 0 Å². The number of pyridine rings is 1. The van der Waals surface area contributed by atoms with E-state index in [1.165, 1.54) is 6.20 Å². The van der Waals surface area contributed by atoms with E-state index >= 15 is 0 Å². The number of carboxylic acid groups (broad SMARTS) is 1. The number of nitrogens with zero attached hydrogens (tertiary/aromatic N) is 1. The van der Waals surface area contributed by atoms with Gasteiger partial charge in [0, 0.05) is 11.9 Å². The fraction of sp³-hybridized carbons (Fsp3) is 0. The fourth-order valence-corrected chi connectivity index (χ4v) is 2.10. The zero-order chi connectivity index (χ0) is 14.8. The molecule has 3 rings (SSSR count). The van der Waals surface area contributed by atoms with Gasteiger partial charge in [0.25, 0.3) is 0 Å². The number of anilines is 2. The molecule has 0 aliphatic heterocycles. The number of aromatic nitrogens is 1. The van der Waals surface area contributed by atoms with E-state index in [1.54, 1.807) is 6.07 Å². The Hall–Kier alpha value is -2.95. The Bertz CT molecular complexity index is 833. The lowest BCUT2D eigenvalue weighted by Gasteiger charge is -2.09. The number of benzene rings is 2. The van der Waals surface area contributed by atoms with E-state index in [4.69, 9.17) is 5.11 Å². The van der Waals surface area contributed by atoms with E-state index in [-0.39, 0.29) is 5.82 Å². The van der Waals surface area contributed by atoms with Crippen molar-refractivity contribution in [3.63, 3.8) is 0 Å². The van der Waals surface area contributed by atoms with E-state index in [2.05, 4.69) is 10.3 Å². The normalized spacial score (nSPS) is 10.5. The number of nitrogens with one attached hydrogen (secondary N) is 1. The number of hydrogen-bond acceptors (Lipinski definition) is 3. The summed E-state index contributed by atoms with van der Waals surface area (Å²) >= 11 is 0. The van der Waals surface area contributed by atoms with Gasteiger partial charge in [0.2, 0.25) is 0 Å². The largest absolute Gasteiger partial charge is 0.478 e. The lowest BCUT2D eigenvalue weighted by molar-refractivity contribution is 0.0692. The van der Waals surface area contributed by atoms with Gasteiger partial charge in [-0.3, -0.25) is 0 Å². The fourth-order valence-electron chi connectivity index (χ4n) is 2.10. The van der Waals surface area contributed by atoms with Gasteiger partial charge in [0.05, 0.1) is 0 Å². The van der Waals surface area contributed by atoms with E-state index in [9.17, 15) is 9.18 Å². The molecule has 0 spiro atoms. The first-order chi connectivity index (χ1) is 10.1. The van der Waals surface area contributed by atoms with Gasteiger partial charge in [0.1, 0.15) is 5.56 Å². The number of carboxylic acids is 1. The van der Waals surface area contributed by atoms with Crippen LogP contribution in [0.25, 0.3) is 10.8 Å². The molecule has 0 bridgehead atoms. The van der Waals surface area contributed by atoms with Gasteiger partial charge in [-0.2, -0.15) is 0 Å². The van der Waals surface area contributed by atoms with Gasteiger partial charge in [0.15, 0.2) is 11.6 Å². The molecule has 4 nitrogen and oxygen atoms in total. The first kappa shape index (κ1) is 13.1. The summed E-state index contributed by atoms with van der Waals surface area (Å²) in [6.07, 6.45) is 1.26. The van der Waals surface area contributed by atoms with Crippen molar-refractivity contribution in [2.75, 3.05) is 5.32 Å². The van der Waals surface area contributed by atoms with E-state index < -0.39 is 17.3 Å². The second-order valence-electron chi connectivity index (χ2n) is 4.51. The summed E-state index contributed by atoms with van der Waals surface area (Å²) in [4.78, 5) is 14.8. The first-order valence-electron chi connectivity index (χ1n) is 6.29. The lowest BCUT2D eigenvalue weighted by Crippen LogP contribution is -2.05. The van der Waals surface area contributed by atoms with E-state index in [0.29, 0.717) is 5.69 Å². The molecule has 5 heteroatoms. The van der Waals surface area contributed by atoms with Crippen LogP contribution in [0.4, 0.5) is 15.9 Å². The molecule has 21 heavy (non-hydrogen) atoms. The van der Waals surface area contributed by atoms with Crippen LogP contribution in [0, 0.1) is 5.82 Å². The summed E-state index contributed by atoms with van der Waals surface area (Å²) in [5.41, 5.74) is 0.232. The molecule has 104 valence electrons. The molecule has 0 unspecified atom stereocenters. The highest BCUT2D eigenvalue weighted by molar-refractivity contribution is 5.89. The van der Waals surface area contributed by atoms with Crippen LogP contribution in [-0.2, 0) is 0 Å². The van der Waals surface area contributed by atoms with E-state index in [1.807, 2.05) is 36.4 Å². The third-order valence-corrected chi connectivity index (χ3v) is 3.13. The van der Waals surface area contributed by atoms with Crippen molar-refractivity contribution < 1.29 is 14.3 Å². The van der Waals surface area contributed by atoms with Crippen molar-refractivity contribution in [1.82, 2.24) is 4.98 Å². The van der Waals surface area contributed by atoms with Crippen molar-refractivity contribution in [3.05, 3.63) is 66.1 Å². The number of aromatic carboxylic acids is 1. The Balaban J connectivity index is 1.98. The molecule has 0 fully saturated rings. The molecular weight excluding hydrogens is 271 g/mol. The Labute approximate surface area is 119 Å². The molecular formula is C16H11FN2O2. The molecule has 0 aliphatic carbocycles. The number of rotatable bonds is 3. The van der Waals surface area contributed by atoms with Crippen LogP contribution < -0.4 is 5.32 Å². The third kappa shape index (κ3) is 2.53. The minimum absolute atomic E-state index is 0.106. The predicted octanol–water partition coefficient (Wildman–Crippen LogP) is 3.82. The molecule has 0 saturated carbocycles. The smallest absolute Gasteiger partial charge is 0.338 e. The van der Waals surface area contributed by atoms with E-state index in [0.717, 1.165) is 16.8 Å². The summed E-state index contributed by atoms with van der Waals surface area (Å²) in [7, 11) is 0. The van der Waals surface area contributed by atoms with Gasteiger partial charge in [-0.05, 0) is 29.0 Å². The first-order valence-corrected chi connectivity index (χ1v) is 6.29. The SMILES string of the molecule is O=C(O)c1ccnc(Nc2ccc3ccccc3c2)c1F. The molecule has 3 aromatic rings. The maximum atomic E-state index is 14.0. The topological polar surface area (TPSA) is 62.2 Å². The maximum absolute atomic E-state index is 14.0. The minimum Gasteiger partial charge on any atom is -0.478 e. The van der Waals surface area contributed by atoms with Crippen molar-refractivity contribution >= 4 is 28.2 Å². The minimum atomic E-state index is -1.32. The third-order valence-electron chi connectivity index (χ3n) is 3.13. The summed E-state index contributed by atoms with van der Waals surface area (Å²) in [5, 5.41) is 13.8. The second kappa shape index (κ2) is 5.20. The standard InChI is InChI=1S/C16H11FN2O2/c17-14-13(16(20)21)7-8-18-15(14)19-12-6-5-10-3-1-2-4-11(10)9-12/h1-9H,(H,18,19)(H,20,21). The number of hydrogen-bond donors (Lipinski definition) is 2. The molecule has 0 radical (unpaired) electrons. The number of fused-ring (bicyclic) bond motifs is 1. The molecule has 0 atom stereocenters. The highest BCUT2D eigenvalue weighted by atomic mass is 19.1. The van der Waals surface area contributed by atoms with Crippen LogP contribution in [0.15, 0.2) is 54.7 Å². The monoisotopic (exact) mass is 282 g/mol. The highest BCUT2D eigenvalue weighted by Crippen LogP contribution is 2.23. The Morgan fingerprint density at radius 3 is 2.62 bits per heavy atom. The Morgan fingerprint density at radius 2 is 1.86 bits per heavy atom. The number of halogens is 1. The summed E-state index contributed by atoms with van der Waals surface area (Å²) in [6.45, 7) is 0. The molecule has 1 aromatic heterocycles. The zero-order valence-electron chi connectivity index (χ0n) is 10.9. The Morgan fingerprint density at radius 1 is 1.10 bits per heavy atom. The van der Waals surface area contributed by atoms with Crippen LogP contribution in [0.1, 0.15) is 10.4 Å².